The van der Waals surface area contributed by atoms with E-state index in [0.717, 1.165) is 0 Å². The molecule has 2 aromatic heterocycles. The Morgan fingerprint density at radius 3 is 2.44 bits per heavy atom. The Morgan fingerprint density at radius 1 is 1.08 bits per heavy atom. The topological polar surface area (TPSA) is 175 Å². The normalized spacial score (nSPS) is 31.8. The number of aromatic nitrogens is 1. The van der Waals surface area contributed by atoms with Gasteiger partial charge in [0.1, 0.15) is 40.3 Å². The van der Waals surface area contributed by atoms with Crippen molar-refractivity contribution in [1.82, 2.24) is 4.98 Å². The summed E-state index contributed by atoms with van der Waals surface area (Å²) in [5.41, 5.74) is -3.63. The van der Waals surface area contributed by atoms with Gasteiger partial charge in [-0.15, -0.1) is 0 Å². The molecule has 1 N–H and O–H groups in total. The number of ether oxygens (including phenoxy) is 4. The number of nitriles is 1. The minimum atomic E-state index is -1.46. The van der Waals surface area contributed by atoms with Gasteiger partial charge < -0.3 is 28.5 Å². The first kappa shape index (κ1) is 32.9. The number of carbonyl (C=O) groups is 3. The molecule has 3 aromatic rings. The summed E-state index contributed by atoms with van der Waals surface area (Å²) in [6.07, 6.45) is 0.375. The number of rotatable bonds is 5. The minimum absolute atomic E-state index is 0.0633. The van der Waals surface area contributed by atoms with E-state index in [-0.39, 0.29) is 35.5 Å². The molecular weight excluding hydrogens is 620 g/mol. The Morgan fingerprint density at radius 2 is 1.81 bits per heavy atom. The monoisotopic (exact) mass is 656 g/mol. The first-order valence-corrected chi connectivity index (χ1v) is 15.7. The van der Waals surface area contributed by atoms with Crippen molar-refractivity contribution in [3.8, 4) is 23.1 Å². The second-order valence-corrected chi connectivity index (χ2v) is 13.4. The van der Waals surface area contributed by atoms with Crippen LogP contribution in [0.2, 0.25) is 0 Å². The van der Waals surface area contributed by atoms with Crippen molar-refractivity contribution >= 4 is 17.9 Å². The maximum absolute atomic E-state index is 13.7. The van der Waals surface area contributed by atoms with Crippen LogP contribution in [0.5, 0.6) is 5.75 Å². The van der Waals surface area contributed by atoms with E-state index < -0.39 is 70.1 Å². The smallest absolute Gasteiger partial charge is 0.345 e. The highest BCUT2D eigenvalue weighted by molar-refractivity contribution is 5.89. The highest BCUT2D eigenvalue weighted by atomic mass is 16.6. The van der Waals surface area contributed by atoms with Crippen LogP contribution >= 0.6 is 0 Å². The number of aliphatic hydroxyl groups excluding tert-OH is 1. The quantitative estimate of drug-likeness (QED) is 0.300. The molecule has 12 nitrogen and oxygen atoms in total. The molecule has 0 bridgehead atoms. The molecule has 8 atom stereocenters. The number of pyridine rings is 1. The lowest BCUT2D eigenvalue weighted by Gasteiger charge is -2.65. The van der Waals surface area contributed by atoms with Gasteiger partial charge in [0, 0.05) is 36.9 Å². The van der Waals surface area contributed by atoms with Gasteiger partial charge in [-0.05, 0) is 80.8 Å². The molecule has 2 saturated carbocycles. The van der Waals surface area contributed by atoms with Crippen molar-refractivity contribution in [2.24, 2.45) is 22.7 Å². The number of aliphatic hydroxyl groups is 1. The second kappa shape index (κ2) is 11.9. The summed E-state index contributed by atoms with van der Waals surface area (Å²) < 4.78 is 29.6. The maximum atomic E-state index is 13.7. The summed E-state index contributed by atoms with van der Waals surface area (Å²) in [4.78, 5) is 57.3. The average molecular weight is 657 g/mol. The zero-order valence-electron chi connectivity index (χ0n) is 27.2. The van der Waals surface area contributed by atoms with Crippen molar-refractivity contribution in [2.75, 3.05) is 7.11 Å². The van der Waals surface area contributed by atoms with E-state index in [2.05, 4.69) is 4.98 Å². The lowest BCUT2D eigenvalue weighted by atomic mass is 9.42. The third-order valence-corrected chi connectivity index (χ3v) is 10.8. The van der Waals surface area contributed by atoms with E-state index in [1.165, 1.54) is 50.6 Å². The van der Waals surface area contributed by atoms with E-state index in [4.69, 9.17) is 23.4 Å². The third kappa shape index (κ3) is 5.04. The Bertz CT molecular complexity index is 1870. The highest BCUT2D eigenvalue weighted by Crippen LogP contribution is 2.67. The van der Waals surface area contributed by atoms with Crippen LogP contribution in [0.1, 0.15) is 74.5 Å². The van der Waals surface area contributed by atoms with Crippen molar-refractivity contribution in [3.05, 3.63) is 82.0 Å². The van der Waals surface area contributed by atoms with Crippen LogP contribution in [0.4, 0.5) is 0 Å². The molecule has 0 radical (unpaired) electrons. The second-order valence-electron chi connectivity index (χ2n) is 13.4. The van der Waals surface area contributed by atoms with Crippen LogP contribution < -0.4 is 10.4 Å². The number of esters is 3. The summed E-state index contributed by atoms with van der Waals surface area (Å²) in [7, 11) is 1.25. The van der Waals surface area contributed by atoms with Gasteiger partial charge in [-0.2, -0.15) is 5.26 Å². The molecule has 1 aromatic carbocycles. The largest absolute Gasteiger partial charge is 0.482 e. The Labute approximate surface area is 276 Å². The maximum Gasteiger partial charge on any atom is 0.345 e. The first-order chi connectivity index (χ1) is 22.8. The Hall–Kier alpha value is -5.02. The number of methoxy groups -OCH3 is 1. The van der Waals surface area contributed by atoms with Crippen LogP contribution in [-0.2, 0) is 23.8 Å². The molecule has 48 heavy (non-hydrogen) atoms. The van der Waals surface area contributed by atoms with E-state index in [1.54, 1.807) is 32.2 Å². The fraction of sp³-hybridized carbons (Fsp3) is 0.444. The predicted octanol–water partition coefficient (Wildman–Crippen LogP) is 4.53. The SMILES string of the molecule is COC(=O)[C@@]1(C)[C@@H](OC(C)=O)CC[C@]2(C)[C@H]3[C@@H](O)c4c(cc(-c5cccnc5)oc4=O)O[C@]3(C)[C@@H](OC(=O)c3ccc(C#N)cc3)C[C@H]21. The summed E-state index contributed by atoms with van der Waals surface area (Å²) in [5.74, 6) is -3.27. The molecular formula is C36H36N2O10. The molecule has 3 aliphatic rings. The van der Waals surface area contributed by atoms with E-state index in [1.807, 2.05) is 13.0 Å². The van der Waals surface area contributed by atoms with E-state index >= 15 is 0 Å². The fourth-order valence-electron chi connectivity index (χ4n) is 8.62. The molecule has 0 spiro atoms. The van der Waals surface area contributed by atoms with Gasteiger partial charge in [-0.3, -0.25) is 14.6 Å². The Balaban J connectivity index is 1.51. The Kier molecular flexibility index (Phi) is 8.15. The van der Waals surface area contributed by atoms with Gasteiger partial charge in [-0.1, -0.05) is 6.92 Å². The summed E-state index contributed by atoms with van der Waals surface area (Å²) in [6.45, 7) is 6.57. The average Bonchev–Trinajstić information content (AvgIpc) is 3.06. The number of hydrogen-bond acceptors (Lipinski definition) is 12. The van der Waals surface area contributed by atoms with Gasteiger partial charge in [0.05, 0.1) is 30.4 Å². The van der Waals surface area contributed by atoms with Crippen LogP contribution in [-0.4, -0.2) is 52.9 Å². The van der Waals surface area contributed by atoms with Gasteiger partial charge in [0.25, 0.3) is 0 Å². The van der Waals surface area contributed by atoms with Crippen molar-refractivity contribution in [1.29, 1.82) is 5.26 Å². The molecule has 0 saturated heterocycles. The molecule has 0 unspecified atom stereocenters. The van der Waals surface area contributed by atoms with Gasteiger partial charge in [-0.25, -0.2) is 9.59 Å². The summed E-state index contributed by atoms with van der Waals surface area (Å²) in [5, 5.41) is 21.5. The standard InChI is InChI=1S/C36H36N2O10/c1-19(39)45-26-12-13-34(2)25(35(26,3)33(43)44-5)16-27(47-31(41)21-10-8-20(17-37)9-11-21)36(4)30(34)29(40)28-24(48-36)15-23(46-32(28)42)22-7-6-14-38-18-22/h6-11,14-15,18,25-27,29-30,40H,12-13,16H2,1-5H3/t25-,26+,27+,29+,30-,34+,35-,36-/m1/s1. The van der Waals surface area contributed by atoms with Gasteiger partial charge in [0.2, 0.25) is 0 Å². The molecule has 250 valence electrons. The molecule has 2 fully saturated rings. The lowest BCUT2D eigenvalue weighted by Crippen LogP contribution is -2.72. The number of fused-ring (bicyclic) bond motifs is 4. The zero-order valence-corrected chi connectivity index (χ0v) is 27.2. The summed E-state index contributed by atoms with van der Waals surface area (Å²) >= 11 is 0. The van der Waals surface area contributed by atoms with Crippen molar-refractivity contribution < 1.29 is 42.9 Å². The number of carbonyl (C=O) groups excluding carboxylic acids is 3. The molecule has 12 heteroatoms. The van der Waals surface area contributed by atoms with Crippen molar-refractivity contribution in [3.63, 3.8) is 0 Å². The number of nitrogens with zero attached hydrogens (tertiary/aromatic N) is 2. The molecule has 2 aliphatic carbocycles. The first-order valence-electron chi connectivity index (χ1n) is 15.7. The minimum Gasteiger partial charge on any atom is -0.482 e. The van der Waals surface area contributed by atoms with Crippen LogP contribution in [0.3, 0.4) is 0 Å². The fourth-order valence-corrected chi connectivity index (χ4v) is 8.62. The summed E-state index contributed by atoms with van der Waals surface area (Å²) in [6, 6.07) is 12.9. The predicted molar refractivity (Wildman–Crippen MR) is 167 cm³/mol. The molecule has 1 aliphatic heterocycles. The van der Waals surface area contributed by atoms with E-state index in [9.17, 15) is 29.5 Å². The number of benzene rings is 1. The van der Waals surface area contributed by atoms with E-state index in [0.29, 0.717) is 17.5 Å². The zero-order chi connectivity index (χ0) is 34.6. The number of hydrogen-bond donors (Lipinski definition) is 1. The highest BCUT2D eigenvalue weighted by Gasteiger charge is 2.72. The molecule has 0 amide bonds. The van der Waals surface area contributed by atoms with Gasteiger partial charge in [0.15, 0.2) is 0 Å². The molecule has 6 rings (SSSR count). The molecule has 3 heterocycles. The third-order valence-electron chi connectivity index (χ3n) is 10.8. The van der Waals surface area contributed by atoms with Crippen LogP contribution in [0.15, 0.2) is 64.1 Å². The van der Waals surface area contributed by atoms with Crippen molar-refractivity contribution in [2.45, 2.75) is 70.9 Å². The lowest BCUT2D eigenvalue weighted by molar-refractivity contribution is -0.262. The van der Waals surface area contributed by atoms with Crippen LogP contribution in [0, 0.1) is 34.0 Å². The van der Waals surface area contributed by atoms with Gasteiger partial charge >= 0.3 is 23.5 Å². The van der Waals surface area contributed by atoms with Crippen LogP contribution in [0.25, 0.3) is 11.3 Å².